The molecule has 0 aliphatic heterocycles. The Kier molecular flexibility index (Phi) is 8.06. The van der Waals surface area contributed by atoms with Crippen LogP contribution in [0.5, 0.6) is 0 Å². The fourth-order valence-electron chi connectivity index (χ4n) is 1.60. The van der Waals surface area contributed by atoms with Crippen LogP contribution < -0.4 is 5.32 Å². The van der Waals surface area contributed by atoms with Crippen molar-refractivity contribution in [3.8, 4) is 0 Å². The van der Waals surface area contributed by atoms with E-state index in [9.17, 15) is 14.7 Å². The minimum absolute atomic E-state index is 0.0788. The van der Waals surface area contributed by atoms with Gasteiger partial charge in [-0.1, -0.05) is 52.9 Å². The molecule has 0 unspecified atom stereocenters. The van der Waals surface area contributed by atoms with Gasteiger partial charge in [0.25, 0.3) is 0 Å². The first-order valence-electron chi connectivity index (χ1n) is 6.47. The third-order valence-electron chi connectivity index (χ3n) is 2.77. The van der Waals surface area contributed by atoms with Crippen molar-refractivity contribution in [3.63, 3.8) is 0 Å². The first kappa shape index (κ1) is 17.7. The molecule has 0 fully saturated rings. The molecule has 1 aromatic carbocycles. The van der Waals surface area contributed by atoms with Crippen molar-refractivity contribution >= 4 is 34.7 Å². The summed E-state index contributed by atoms with van der Waals surface area (Å²) in [6.45, 7) is 0.0788. The number of nitrogens with one attached hydrogen (secondary N) is 1. The van der Waals surface area contributed by atoms with Gasteiger partial charge in [0.05, 0.1) is 6.10 Å². The lowest BCUT2D eigenvalue weighted by atomic mass is 10.1. The predicted molar refractivity (Wildman–Crippen MR) is 85.3 cm³/mol. The number of amides is 1. The lowest BCUT2D eigenvalue weighted by Gasteiger charge is -2.15. The number of carboxylic acid groups (broad SMARTS) is 1. The van der Waals surface area contributed by atoms with Crippen LogP contribution >= 0.6 is 22.6 Å². The molecule has 0 aliphatic carbocycles. The van der Waals surface area contributed by atoms with Gasteiger partial charge in [0.15, 0.2) is 0 Å². The van der Waals surface area contributed by atoms with Gasteiger partial charge < -0.3 is 20.3 Å². The van der Waals surface area contributed by atoms with Crippen molar-refractivity contribution in [1.82, 2.24) is 5.32 Å². The summed E-state index contributed by atoms with van der Waals surface area (Å²) in [6.07, 6.45) is -0.900. The van der Waals surface area contributed by atoms with E-state index in [1.54, 1.807) is 12.1 Å². The smallest absolute Gasteiger partial charge is 0.408 e. The number of alkyl halides is 1. The summed E-state index contributed by atoms with van der Waals surface area (Å²) in [5.41, 5.74) is 0.819. The molecule has 1 amide bonds. The van der Waals surface area contributed by atoms with Crippen molar-refractivity contribution in [2.45, 2.75) is 31.6 Å². The number of carbonyl (C=O) groups is 2. The molecule has 1 aromatic rings. The van der Waals surface area contributed by atoms with E-state index in [-0.39, 0.29) is 13.0 Å². The average molecular weight is 407 g/mol. The highest BCUT2D eigenvalue weighted by molar-refractivity contribution is 14.1. The second-order valence-electron chi connectivity index (χ2n) is 4.48. The van der Waals surface area contributed by atoms with E-state index < -0.39 is 24.2 Å². The Hall–Kier alpha value is -1.35. The standard InChI is InChI=1S/C14H18INO5/c15-8-11(17)6-7-12(13(18)19)16-14(20)21-9-10-4-2-1-3-5-10/h1-5,11-12,17H,6-9H2,(H,16,20)(H,18,19)/t11-,12+/m1/s1. The number of rotatable bonds is 8. The zero-order chi connectivity index (χ0) is 15.7. The van der Waals surface area contributed by atoms with Gasteiger partial charge in [-0.15, -0.1) is 0 Å². The van der Waals surface area contributed by atoms with Gasteiger partial charge in [0.1, 0.15) is 12.6 Å². The SMILES string of the molecule is O=C(N[C@@H](CC[C@@H](O)CI)C(=O)O)OCc1ccccc1. The number of benzene rings is 1. The predicted octanol–water partition coefficient (Wildman–Crippen LogP) is 1.94. The van der Waals surface area contributed by atoms with Crippen LogP contribution in [0.25, 0.3) is 0 Å². The number of alkyl carbamates (subject to hydrolysis) is 1. The number of hydrogen-bond acceptors (Lipinski definition) is 4. The quantitative estimate of drug-likeness (QED) is 0.452. The highest BCUT2D eigenvalue weighted by Crippen LogP contribution is 2.06. The normalized spacial score (nSPS) is 13.2. The summed E-state index contributed by atoms with van der Waals surface area (Å²) >= 11 is 2.01. The third-order valence-corrected chi connectivity index (χ3v) is 3.79. The molecule has 21 heavy (non-hydrogen) atoms. The number of carbonyl (C=O) groups excluding carboxylic acids is 1. The number of aliphatic carboxylic acids is 1. The highest BCUT2D eigenvalue weighted by atomic mass is 127. The molecule has 0 spiro atoms. The van der Waals surface area contributed by atoms with Crippen molar-refractivity contribution in [2.75, 3.05) is 4.43 Å². The number of aliphatic hydroxyl groups is 1. The summed E-state index contributed by atoms with van der Waals surface area (Å²) in [7, 11) is 0. The minimum atomic E-state index is -1.15. The first-order chi connectivity index (χ1) is 10.0. The Morgan fingerprint density at radius 2 is 1.90 bits per heavy atom. The summed E-state index contributed by atoms with van der Waals surface area (Å²) in [4.78, 5) is 22.6. The number of aliphatic hydroxyl groups excluding tert-OH is 1. The van der Waals surface area contributed by atoms with E-state index in [2.05, 4.69) is 5.32 Å². The van der Waals surface area contributed by atoms with Crippen LogP contribution in [0.1, 0.15) is 18.4 Å². The zero-order valence-corrected chi connectivity index (χ0v) is 13.5. The summed E-state index contributed by atoms with van der Waals surface area (Å²) in [5.74, 6) is -1.15. The lowest BCUT2D eigenvalue weighted by molar-refractivity contribution is -0.139. The molecule has 0 aromatic heterocycles. The second kappa shape index (κ2) is 9.56. The van der Waals surface area contributed by atoms with Crippen molar-refractivity contribution < 1.29 is 24.5 Å². The Bertz CT molecular complexity index is 454. The Morgan fingerprint density at radius 1 is 1.24 bits per heavy atom. The number of halogens is 1. The van der Waals surface area contributed by atoms with E-state index in [1.807, 2.05) is 40.8 Å². The van der Waals surface area contributed by atoms with Crippen molar-refractivity contribution in [2.24, 2.45) is 0 Å². The van der Waals surface area contributed by atoms with Gasteiger partial charge in [-0.3, -0.25) is 0 Å². The van der Waals surface area contributed by atoms with E-state index in [4.69, 9.17) is 9.84 Å². The summed E-state index contributed by atoms with van der Waals surface area (Å²) in [6, 6.07) is 8.04. The maximum Gasteiger partial charge on any atom is 0.408 e. The molecule has 7 heteroatoms. The molecule has 0 bridgehead atoms. The molecule has 0 saturated carbocycles. The molecule has 2 atom stereocenters. The van der Waals surface area contributed by atoms with Gasteiger partial charge in [-0.25, -0.2) is 9.59 Å². The molecule has 1 rings (SSSR count). The van der Waals surface area contributed by atoms with Gasteiger partial charge in [0.2, 0.25) is 0 Å². The van der Waals surface area contributed by atoms with Crippen LogP contribution in [0, 0.1) is 0 Å². The van der Waals surface area contributed by atoms with Crippen LogP contribution in [0.15, 0.2) is 30.3 Å². The van der Waals surface area contributed by atoms with Crippen LogP contribution in [0.4, 0.5) is 4.79 Å². The average Bonchev–Trinajstić information content (AvgIpc) is 2.49. The number of hydrogen-bond donors (Lipinski definition) is 3. The Balaban J connectivity index is 2.40. The van der Waals surface area contributed by atoms with Crippen LogP contribution in [-0.4, -0.2) is 38.8 Å². The maximum atomic E-state index is 11.6. The Morgan fingerprint density at radius 3 is 2.48 bits per heavy atom. The molecular weight excluding hydrogens is 389 g/mol. The largest absolute Gasteiger partial charge is 0.480 e. The van der Waals surface area contributed by atoms with Crippen LogP contribution in [0.3, 0.4) is 0 Å². The van der Waals surface area contributed by atoms with E-state index >= 15 is 0 Å². The van der Waals surface area contributed by atoms with Crippen LogP contribution in [0.2, 0.25) is 0 Å². The van der Waals surface area contributed by atoms with E-state index in [1.165, 1.54) is 0 Å². The molecule has 0 radical (unpaired) electrons. The summed E-state index contributed by atoms with van der Waals surface area (Å²) < 4.78 is 5.48. The minimum Gasteiger partial charge on any atom is -0.480 e. The summed E-state index contributed by atoms with van der Waals surface area (Å²) in [5, 5.41) is 20.8. The molecule has 116 valence electrons. The fraction of sp³-hybridized carbons (Fsp3) is 0.429. The Labute approximate surface area is 136 Å². The number of carboxylic acids is 1. The highest BCUT2D eigenvalue weighted by Gasteiger charge is 2.21. The second-order valence-corrected chi connectivity index (χ2v) is 5.36. The molecule has 3 N–H and O–H groups in total. The maximum absolute atomic E-state index is 11.6. The monoisotopic (exact) mass is 407 g/mol. The van der Waals surface area contributed by atoms with Crippen LogP contribution in [-0.2, 0) is 16.1 Å². The lowest BCUT2D eigenvalue weighted by Crippen LogP contribution is -2.41. The molecular formula is C14H18INO5. The number of ether oxygens (including phenoxy) is 1. The van der Waals surface area contributed by atoms with E-state index in [0.29, 0.717) is 10.8 Å². The molecule has 0 aliphatic rings. The van der Waals surface area contributed by atoms with Crippen molar-refractivity contribution in [1.29, 1.82) is 0 Å². The topological polar surface area (TPSA) is 95.9 Å². The van der Waals surface area contributed by atoms with Gasteiger partial charge in [0, 0.05) is 4.43 Å². The zero-order valence-electron chi connectivity index (χ0n) is 11.4. The third kappa shape index (κ3) is 7.28. The fourth-order valence-corrected chi connectivity index (χ4v) is 2.04. The molecule has 0 heterocycles. The first-order valence-corrected chi connectivity index (χ1v) is 7.99. The molecule has 6 nitrogen and oxygen atoms in total. The van der Waals surface area contributed by atoms with Gasteiger partial charge in [-0.2, -0.15) is 0 Å². The molecule has 0 saturated heterocycles. The van der Waals surface area contributed by atoms with Gasteiger partial charge >= 0.3 is 12.1 Å². The van der Waals surface area contributed by atoms with E-state index in [0.717, 1.165) is 5.56 Å². The van der Waals surface area contributed by atoms with Gasteiger partial charge in [-0.05, 0) is 18.4 Å². The van der Waals surface area contributed by atoms with Crippen molar-refractivity contribution in [3.05, 3.63) is 35.9 Å².